The lowest BCUT2D eigenvalue weighted by molar-refractivity contribution is 0.0994. The summed E-state index contributed by atoms with van der Waals surface area (Å²) in [6.07, 6.45) is 0. The molecule has 0 bridgehead atoms. The van der Waals surface area contributed by atoms with Gasteiger partial charge in [0, 0.05) is 15.4 Å². The monoisotopic (exact) mass is 399 g/mol. The van der Waals surface area contributed by atoms with Crippen molar-refractivity contribution in [1.82, 2.24) is 4.98 Å². The highest BCUT2D eigenvalue weighted by Crippen LogP contribution is 2.29. The van der Waals surface area contributed by atoms with Gasteiger partial charge in [0.2, 0.25) is 0 Å². The highest BCUT2D eigenvalue weighted by Gasteiger charge is 2.18. The Morgan fingerprint density at radius 3 is 2.50 bits per heavy atom. The molecular formula is C20H18BrNOS. The van der Waals surface area contributed by atoms with Crippen LogP contribution >= 0.6 is 27.7 Å². The lowest BCUT2D eigenvalue weighted by atomic mass is 10.1. The van der Waals surface area contributed by atoms with Crippen LogP contribution in [-0.4, -0.2) is 16.0 Å². The number of para-hydroxylation sites is 1. The number of halogens is 1. The van der Waals surface area contributed by atoms with E-state index in [1.807, 2.05) is 31.2 Å². The van der Waals surface area contributed by atoms with Gasteiger partial charge in [-0.05, 0) is 50.1 Å². The number of benzene rings is 2. The van der Waals surface area contributed by atoms with E-state index in [-0.39, 0.29) is 11.0 Å². The third kappa shape index (κ3) is 3.55. The smallest absolute Gasteiger partial charge is 0.175 e. The molecule has 1 aromatic heterocycles. The fourth-order valence-electron chi connectivity index (χ4n) is 2.67. The summed E-state index contributed by atoms with van der Waals surface area (Å²) in [6, 6.07) is 15.8. The van der Waals surface area contributed by atoms with Crippen LogP contribution in [0.15, 0.2) is 58.0 Å². The Bertz CT molecular complexity index is 905. The minimum atomic E-state index is -0.181. The van der Waals surface area contributed by atoms with E-state index in [1.54, 1.807) is 0 Å². The Hall–Kier alpha value is -1.65. The van der Waals surface area contributed by atoms with Crippen molar-refractivity contribution in [3.63, 3.8) is 0 Å². The zero-order chi connectivity index (χ0) is 17.3. The number of aryl methyl sites for hydroxylation is 2. The molecule has 0 aliphatic carbocycles. The van der Waals surface area contributed by atoms with Gasteiger partial charge in [0.25, 0.3) is 0 Å². The van der Waals surface area contributed by atoms with Crippen LogP contribution in [0.5, 0.6) is 0 Å². The number of pyridine rings is 1. The highest BCUT2D eigenvalue weighted by atomic mass is 79.9. The fourth-order valence-corrected chi connectivity index (χ4v) is 3.93. The van der Waals surface area contributed by atoms with Gasteiger partial charge in [-0.1, -0.05) is 58.0 Å². The standard InChI is InChI=1S/C20H18BrNOS/c1-12-5-4-6-17-13(2)11-18(22-19(12)17)24-14(3)20(23)15-7-9-16(21)10-8-15/h4-11,14H,1-3H3/t14-/m1/s1. The predicted molar refractivity (Wildman–Crippen MR) is 105 cm³/mol. The van der Waals surface area contributed by atoms with Crippen molar-refractivity contribution in [1.29, 1.82) is 0 Å². The van der Waals surface area contributed by atoms with Gasteiger partial charge >= 0.3 is 0 Å². The first kappa shape index (κ1) is 17.2. The van der Waals surface area contributed by atoms with Crippen LogP contribution in [0.3, 0.4) is 0 Å². The molecule has 4 heteroatoms. The van der Waals surface area contributed by atoms with E-state index in [0.29, 0.717) is 0 Å². The summed E-state index contributed by atoms with van der Waals surface area (Å²) in [5.74, 6) is 0.122. The van der Waals surface area contributed by atoms with Crippen LogP contribution in [0, 0.1) is 13.8 Å². The molecular weight excluding hydrogens is 382 g/mol. The average molecular weight is 400 g/mol. The van der Waals surface area contributed by atoms with Crippen LogP contribution < -0.4 is 0 Å². The summed E-state index contributed by atoms with van der Waals surface area (Å²) < 4.78 is 0.974. The number of hydrogen-bond acceptors (Lipinski definition) is 3. The number of rotatable bonds is 4. The second kappa shape index (κ2) is 7.08. The number of Topliss-reactive ketones (excluding diaryl/α,β-unsaturated/α-hetero) is 1. The second-order valence-corrected chi connectivity index (χ2v) is 8.16. The first-order valence-electron chi connectivity index (χ1n) is 7.79. The number of hydrogen-bond donors (Lipinski definition) is 0. The molecule has 3 aromatic rings. The first-order valence-corrected chi connectivity index (χ1v) is 9.46. The minimum absolute atomic E-state index is 0.122. The lowest BCUT2D eigenvalue weighted by Crippen LogP contribution is -2.13. The maximum atomic E-state index is 12.6. The molecule has 0 amide bonds. The Morgan fingerprint density at radius 1 is 1.08 bits per heavy atom. The van der Waals surface area contributed by atoms with Crippen molar-refractivity contribution in [2.75, 3.05) is 0 Å². The Kier molecular flexibility index (Phi) is 5.07. The third-order valence-corrected chi connectivity index (χ3v) is 5.57. The fraction of sp³-hybridized carbons (Fsp3) is 0.200. The molecule has 0 unspecified atom stereocenters. The average Bonchev–Trinajstić information content (AvgIpc) is 2.56. The molecule has 2 nitrogen and oxygen atoms in total. The van der Waals surface area contributed by atoms with Gasteiger partial charge in [-0.25, -0.2) is 4.98 Å². The van der Waals surface area contributed by atoms with Crippen LogP contribution in [0.25, 0.3) is 10.9 Å². The molecule has 122 valence electrons. The molecule has 24 heavy (non-hydrogen) atoms. The van der Waals surface area contributed by atoms with Gasteiger partial charge in [-0.2, -0.15) is 0 Å². The molecule has 0 saturated carbocycles. The Labute approximate surface area is 154 Å². The molecule has 3 rings (SSSR count). The zero-order valence-corrected chi connectivity index (χ0v) is 16.2. The van der Waals surface area contributed by atoms with E-state index >= 15 is 0 Å². The molecule has 0 aliphatic rings. The maximum Gasteiger partial charge on any atom is 0.175 e. The van der Waals surface area contributed by atoms with Gasteiger partial charge in [-0.3, -0.25) is 4.79 Å². The second-order valence-electron chi connectivity index (χ2n) is 5.88. The predicted octanol–water partition coefficient (Wildman–Crippen LogP) is 5.98. The van der Waals surface area contributed by atoms with Crippen LogP contribution in [0.4, 0.5) is 0 Å². The topological polar surface area (TPSA) is 30.0 Å². The highest BCUT2D eigenvalue weighted by molar-refractivity contribution is 9.10. The molecule has 0 saturated heterocycles. The summed E-state index contributed by atoms with van der Waals surface area (Å²) in [6.45, 7) is 6.10. The number of ketones is 1. The van der Waals surface area contributed by atoms with Crippen LogP contribution in [0.2, 0.25) is 0 Å². The van der Waals surface area contributed by atoms with Crippen LogP contribution in [0.1, 0.15) is 28.4 Å². The molecule has 0 fully saturated rings. The van der Waals surface area contributed by atoms with E-state index in [2.05, 4.69) is 54.0 Å². The Morgan fingerprint density at radius 2 is 1.79 bits per heavy atom. The normalized spacial score (nSPS) is 12.3. The van der Waals surface area contributed by atoms with Gasteiger partial charge in [0.05, 0.1) is 15.8 Å². The molecule has 0 spiro atoms. The van der Waals surface area contributed by atoms with E-state index in [4.69, 9.17) is 4.98 Å². The maximum absolute atomic E-state index is 12.6. The van der Waals surface area contributed by atoms with Crippen molar-refractivity contribution in [2.24, 2.45) is 0 Å². The molecule has 0 aliphatic heterocycles. The molecule has 0 N–H and O–H groups in total. The van der Waals surface area contributed by atoms with E-state index in [0.717, 1.165) is 26.1 Å². The van der Waals surface area contributed by atoms with Gasteiger partial charge in [0.15, 0.2) is 5.78 Å². The molecule has 1 heterocycles. The number of aromatic nitrogens is 1. The number of nitrogens with zero attached hydrogens (tertiary/aromatic N) is 1. The summed E-state index contributed by atoms with van der Waals surface area (Å²) >= 11 is 4.91. The van der Waals surface area contributed by atoms with Crippen molar-refractivity contribution in [2.45, 2.75) is 31.0 Å². The molecule has 1 atom stereocenters. The van der Waals surface area contributed by atoms with Crippen molar-refractivity contribution >= 4 is 44.4 Å². The Balaban J connectivity index is 1.87. The van der Waals surface area contributed by atoms with E-state index < -0.39 is 0 Å². The summed E-state index contributed by atoms with van der Waals surface area (Å²) in [5.41, 5.74) is 4.09. The largest absolute Gasteiger partial charge is 0.293 e. The summed E-state index contributed by atoms with van der Waals surface area (Å²) in [4.78, 5) is 17.4. The van der Waals surface area contributed by atoms with Crippen molar-refractivity contribution in [3.8, 4) is 0 Å². The van der Waals surface area contributed by atoms with Gasteiger partial charge in [-0.15, -0.1) is 0 Å². The quantitative estimate of drug-likeness (QED) is 0.399. The first-order chi connectivity index (χ1) is 11.5. The van der Waals surface area contributed by atoms with Crippen LogP contribution in [-0.2, 0) is 0 Å². The number of fused-ring (bicyclic) bond motifs is 1. The zero-order valence-electron chi connectivity index (χ0n) is 13.8. The summed E-state index contributed by atoms with van der Waals surface area (Å²) in [5, 5.41) is 1.89. The van der Waals surface area contributed by atoms with Gasteiger partial charge in [0.1, 0.15) is 0 Å². The van der Waals surface area contributed by atoms with E-state index in [1.165, 1.54) is 22.7 Å². The third-order valence-electron chi connectivity index (χ3n) is 4.02. The number of carbonyl (C=O) groups is 1. The number of thioether (sulfide) groups is 1. The van der Waals surface area contributed by atoms with E-state index in [9.17, 15) is 4.79 Å². The summed E-state index contributed by atoms with van der Waals surface area (Å²) in [7, 11) is 0. The van der Waals surface area contributed by atoms with Crippen molar-refractivity contribution < 1.29 is 4.79 Å². The lowest BCUT2D eigenvalue weighted by Gasteiger charge is -2.12. The number of carbonyl (C=O) groups excluding carboxylic acids is 1. The molecule has 2 aromatic carbocycles. The van der Waals surface area contributed by atoms with Gasteiger partial charge < -0.3 is 0 Å². The SMILES string of the molecule is Cc1cc(S[C@H](C)C(=O)c2ccc(Br)cc2)nc2c(C)cccc12. The molecule has 0 radical (unpaired) electrons. The minimum Gasteiger partial charge on any atom is -0.293 e. The van der Waals surface area contributed by atoms with Crippen molar-refractivity contribution in [3.05, 3.63) is 69.7 Å².